The summed E-state index contributed by atoms with van der Waals surface area (Å²) in [5, 5.41) is 10.4. The van der Waals surface area contributed by atoms with E-state index in [2.05, 4.69) is 0 Å². The Hall–Kier alpha value is -1.59. The van der Waals surface area contributed by atoms with Crippen molar-refractivity contribution in [3.63, 3.8) is 0 Å². The number of benzene rings is 2. The lowest BCUT2D eigenvalue weighted by atomic mass is 10.1. The van der Waals surface area contributed by atoms with Crippen LogP contribution in [0.25, 0.3) is 0 Å². The first-order valence-corrected chi connectivity index (χ1v) is 7.35. The molecule has 110 valence electrons. The van der Waals surface area contributed by atoms with E-state index in [1.54, 1.807) is 0 Å². The summed E-state index contributed by atoms with van der Waals surface area (Å²) in [5.74, 6) is -2.00. The zero-order valence-electron chi connectivity index (χ0n) is 11.0. The van der Waals surface area contributed by atoms with E-state index >= 15 is 0 Å². The van der Waals surface area contributed by atoms with Gasteiger partial charge >= 0.3 is 0 Å². The van der Waals surface area contributed by atoms with Gasteiger partial charge in [0.25, 0.3) is 0 Å². The molecule has 2 rings (SSSR count). The molecule has 0 unspecified atom stereocenters. The van der Waals surface area contributed by atoms with E-state index in [0.717, 1.165) is 12.1 Å². The average molecular weight is 329 g/mol. The van der Waals surface area contributed by atoms with Gasteiger partial charge in [-0.05, 0) is 37.3 Å². The van der Waals surface area contributed by atoms with Crippen molar-refractivity contribution in [3.05, 3.63) is 58.1 Å². The predicted octanol–water partition coefficient (Wildman–Crippen LogP) is 4.82. The first kappa shape index (κ1) is 15.8. The highest BCUT2D eigenvalue weighted by atomic mass is 35.5. The molecule has 0 aliphatic rings. The SMILES string of the molecule is CC(=O)c1cc(Cl)cc(CSc2ccc(F)c(F)c2)c1O. The lowest BCUT2D eigenvalue weighted by Gasteiger charge is -2.09. The van der Waals surface area contributed by atoms with E-state index in [9.17, 15) is 18.7 Å². The van der Waals surface area contributed by atoms with Crippen molar-refractivity contribution in [2.45, 2.75) is 17.6 Å². The third kappa shape index (κ3) is 3.74. The summed E-state index contributed by atoms with van der Waals surface area (Å²) in [5.41, 5.74) is 0.603. The fourth-order valence-corrected chi connectivity index (χ4v) is 2.90. The molecule has 0 spiro atoms. The number of hydrogen-bond acceptors (Lipinski definition) is 3. The maximum Gasteiger partial charge on any atom is 0.163 e. The summed E-state index contributed by atoms with van der Waals surface area (Å²) in [6, 6.07) is 6.49. The molecule has 0 aliphatic heterocycles. The normalized spacial score (nSPS) is 10.7. The number of phenols is 1. The molecule has 2 aromatic carbocycles. The fraction of sp³-hybridized carbons (Fsp3) is 0.133. The number of ketones is 1. The Bertz CT molecular complexity index is 704. The molecule has 2 aromatic rings. The Labute approximate surface area is 129 Å². The first-order valence-electron chi connectivity index (χ1n) is 5.98. The third-order valence-corrected chi connectivity index (χ3v) is 4.08. The molecule has 0 fully saturated rings. The molecule has 0 radical (unpaired) electrons. The number of Topliss-reactive ketones (excluding diaryl/α,β-unsaturated/α-hetero) is 1. The highest BCUT2D eigenvalue weighted by Gasteiger charge is 2.13. The van der Waals surface area contributed by atoms with Crippen LogP contribution in [0.5, 0.6) is 5.75 Å². The summed E-state index contributed by atoms with van der Waals surface area (Å²) in [6.07, 6.45) is 0. The van der Waals surface area contributed by atoms with Crippen LogP contribution in [0.4, 0.5) is 8.78 Å². The molecule has 0 bridgehead atoms. The molecule has 6 heteroatoms. The average Bonchev–Trinajstić information content (AvgIpc) is 2.42. The van der Waals surface area contributed by atoms with Gasteiger partial charge in [0.1, 0.15) is 5.75 Å². The number of halogens is 3. The van der Waals surface area contributed by atoms with Crippen LogP contribution in [0.1, 0.15) is 22.8 Å². The van der Waals surface area contributed by atoms with Crippen LogP contribution in [0.2, 0.25) is 5.02 Å². The highest BCUT2D eigenvalue weighted by molar-refractivity contribution is 7.98. The van der Waals surface area contributed by atoms with Gasteiger partial charge < -0.3 is 5.11 Å². The summed E-state index contributed by atoms with van der Waals surface area (Å²) < 4.78 is 26.0. The quantitative estimate of drug-likeness (QED) is 0.646. The molecule has 0 amide bonds. The second-order valence-electron chi connectivity index (χ2n) is 4.38. The molecule has 0 heterocycles. The Morgan fingerprint density at radius 1 is 1.24 bits per heavy atom. The molecular weight excluding hydrogens is 318 g/mol. The van der Waals surface area contributed by atoms with E-state index in [0.29, 0.717) is 15.5 Å². The van der Waals surface area contributed by atoms with Crippen LogP contribution >= 0.6 is 23.4 Å². The maximum absolute atomic E-state index is 13.1. The Morgan fingerprint density at radius 2 is 1.95 bits per heavy atom. The monoisotopic (exact) mass is 328 g/mol. The lowest BCUT2D eigenvalue weighted by molar-refractivity contribution is 0.101. The molecule has 0 atom stereocenters. The van der Waals surface area contributed by atoms with Crippen molar-refractivity contribution in [2.24, 2.45) is 0 Å². The number of carbonyl (C=O) groups excluding carboxylic acids is 1. The minimum atomic E-state index is -0.931. The van der Waals surface area contributed by atoms with Gasteiger partial charge in [0.15, 0.2) is 17.4 Å². The zero-order chi connectivity index (χ0) is 15.6. The highest BCUT2D eigenvalue weighted by Crippen LogP contribution is 2.33. The van der Waals surface area contributed by atoms with E-state index < -0.39 is 11.6 Å². The van der Waals surface area contributed by atoms with Gasteiger partial charge in [-0.15, -0.1) is 11.8 Å². The topological polar surface area (TPSA) is 37.3 Å². The molecular formula is C15H11ClF2O2S. The van der Waals surface area contributed by atoms with Crippen LogP contribution in [-0.2, 0) is 5.75 Å². The van der Waals surface area contributed by atoms with Crippen molar-refractivity contribution < 1.29 is 18.7 Å². The van der Waals surface area contributed by atoms with Gasteiger partial charge in [-0.1, -0.05) is 11.6 Å². The van der Waals surface area contributed by atoms with Gasteiger partial charge in [0.2, 0.25) is 0 Å². The van der Waals surface area contributed by atoms with E-state index in [1.165, 1.54) is 36.9 Å². The minimum Gasteiger partial charge on any atom is -0.507 e. The van der Waals surface area contributed by atoms with E-state index in [4.69, 9.17) is 11.6 Å². The van der Waals surface area contributed by atoms with Crippen LogP contribution in [0, 0.1) is 11.6 Å². The van der Waals surface area contributed by atoms with Crippen LogP contribution < -0.4 is 0 Å². The molecule has 0 saturated carbocycles. The van der Waals surface area contributed by atoms with Crippen molar-refractivity contribution in [1.82, 2.24) is 0 Å². The maximum atomic E-state index is 13.1. The molecule has 21 heavy (non-hydrogen) atoms. The van der Waals surface area contributed by atoms with Crippen molar-refractivity contribution >= 4 is 29.1 Å². The molecule has 1 N–H and O–H groups in total. The van der Waals surface area contributed by atoms with E-state index in [-0.39, 0.29) is 22.8 Å². The molecule has 0 aliphatic carbocycles. The minimum absolute atomic E-state index is 0.137. The summed E-state index contributed by atoms with van der Waals surface area (Å²) in [7, 11) is 0. The summed E-state index contributed by atoms with van der Waals surface area (Å²) >= 11 is 7.11. The molecule has 0 saturated heterocycles. The second kappa shape index (κ2) is 6.45. The lowest BCUT2D eigenvalue weighted by Crippen LogP contribution is -1.96. The number of thioether (sulfide) groups is 1. The van der Waals surface area contributed by atoms with E-state index in [1.807, 2.05) is 0 Å². The largest absolute Gasteiger partial charge is 0.507 e. The van der Waals surface area contributed by atoms with Crippen molar-refractivity contribution in [2.75, 3.05) is 0 Å². The van der Waals surface area contributed by atoms with Crippen molar-refractivity contribution in [3.8, 4) is 5.75 Å². The summed E-state index contributed by atoms with van der Waals surface area (Å²) in [4.78, 5) is 11.9. The van der Waals surface area contributed by atoms with Gasteiger partial charge in [-0.25, -0.2) is 8.78 Å². The third-order valence-electron chi connectivity index (χ3n) is 2.82. The smallest absolute Gasteiger partial charge is 0.163 e. The first-order chi connectivity index (χ1) is 9.88. The number of carbonyl (C=O) groups is 1. The van der Waals surface area contributed by atoms with Gasteiger partial charge in [-0.2, -0.15) is 0 Å². The fourth-order valence-electron chi connectivity index (χ4n) is 1.76. The van der Waals surface area contributed by atoms with Crippen LogP contribution in [0.3, 0.4) is 0 Å². The summed E-state index contributed by atoms with van der Waals surface area (Å²) in [6.45, 7) is 1.33. The Balaban J connectivity index is 2.23. The van der Waals surface area contributed by atoms with Crippen LogP contribution in [0.15, 0.2) is 35.2 Å². The second-order valence-corrected chi connectivity index (χ2v) is 5.87. The van der Waals surface area contributed by atoms with Gasteiger partial charge in [-0.3, -0.25) is 4.79 Å². The van der Waals surface area contributed by atoms with Gasteiger partial charge in [0, 0.05) is 21.2 Å². The number of rotatable bonds is 4. The number of aromatic hydroxyl groups is 1. The van der Waals surface area contributed by atoms with Crippen molar-refractivity contribution in [1.29, 1.82) is 0 Å². The van der Waals surface area contributed by atoms with Crippen LogP contribution in [-0.4, -0.2) is 10.9 Å². The molecule has 2 nitrogen and oxygen atoms in total. The predicted molar refractivity (Wildman–Crippen MR) is 79.0 cm³/mol. The Morgan fingerprint density at radius 3 is 2.57 bits per heavy atom. The number of hydrogen-bond donors (Lipinski definition) is 1. The standard InChI is InChI=1S/C15H11ClF2O2S/c1-8(19)12-5-10(16)4-9(15(12)20)7-21-11-2-3-13(17)14(18)6-11/h2-6,20H,7H2,1H3. The Kier molecular flexibility index (Phi) is 4.85. The molecule has 0 aromatic heterocycles. The zero-order valence-corrected chi connectivity index (χ0v) is 12.6. The van der Waals surface area contributed by atoms with Gasteiger partial charge in [0.05, 0.1) is 5.56 Å². The number of phenolic OH excluding ortho intramolecular Hbond substituents is 1.